The number of nitrogens with zero attached hydrogens (tertiary/aromatic N) is 1. The third-order valence-electron chi connectivity index (χ3n) is 4.59. The average Bonchev–Trinajstić information content (AvgIpc) is 3.01. The minimum Gasteiger partial charge on any atom is -0.399 e. The molecule has 0 radical (unpaired) electrons. The van der Waals surface area contributed by atoms with E-state index in [1.54, 1.807) is 6.07 Å². The predicted molar refractivity (Wildman–Crippen MR) is 73.0 cm³/mol. The minimum atomic E-state index is -1.11. The molecular formula is C14H19BFNO3. The van der Waals surface area contributed by atoms with Crippen LogP contribution in [0.3, 0.4) is 0 Å². The highest BCUT2D eigenvalue weighted by molar-refractivity contribution is 6.62. The van der Waals surface area contributed by atoms with Crippen LogP contribution in [0.5, 0.6) is 0 Å². The van der Waals surface area contributed by atoms with E-state index >= 15 is 0 Å². The summed E-state index contributed by atoms with van der Waals surface area (Å²) in [5.41, 5.74) is -1.75. The van der Waals surface area contributed by atoms with Gasteiger partial charge in [0.25, 0.3) is 0 Å². The summed E-state index contributed by atoms with van der Waals surface area (Å²) in [5.74, 6) is -0.522. The van der Waals surface area contributed by atoms with Crippen molar-refractivity contribution in [3.8, 4) is 0 Å². The second-order valence-corrected chi connectivity index (χ2v) is 6.68. The number of aromatic nitrogens is 1. The third-order valence-corrected chi connectivity index (χ3v) is 4.59. The van der Waals surface area contributed by atoms with E-state index in [0.29, 0.717) is 18.3 Å². The minimum absolute atomic E-state index is 0.102. The highest BCUT2D eigenvalue weighted by atomic mass is 19.1. The second kappa shape index (κ2) is 4.03. The van der Waals surface area contributed by atoms with Crippen LogP contribution in [0.2, 0.25) is 0 Å². The third kappa shape index (κ3) is 1.98. The Bertz CT molecular complexity index is 541. The average molecular weight is 279 g/mol. The zero-order chi connectivity index (χ0) is 14.8. The lowest BCUT2D eigenvalue weighted by Gasteiger charge is -2.32. The second-order valence-electron chi connectivity index (χ2n) is 6.68. The first-order chi connectivity index (χ1) is 9.16. The molecule has 1 saturated heterocycles. The SMILES string of the molecule is CC1(C)OB(c2ccnc(C3(O)CC3)c2F)OC1(C)C. The molecule has 0 unspecified atom stereocenters. The summed E-state index contributed by atoms with van der Waals surface area (Å²) in [7, 11) is -0.774. The zero-order valence-electron chi connectivity index (χ0n) is 12.2. The molecule has 1 aromatic rings. The van der Waals surface area contributed by atoms with Gasteiger partial charge in [0, 0.05) is 11.7 Å². The monoisotopic (exact) mass is 279 g/mol. The van der Waals surface area contributed by atoms with Crippen LogP contribution in [-0.2, 0) is 14.9 Å². The van der Waals surface area contributed by atoms with Crippen molar-refractivity contribution in [2.45, 2.75) is 57.3 Å². The van der Waals surface area contributed by atoms with Crippen molar-refractivity contribution < 1.29 is 18.8 Å². The van der Waals surface area contributed by atoms with Crippen molar-refractivity contribution in [3.05, 3.63) is 23.8 Å². The number of pyridine rings is 1. The van der Waals surface area contributed by atoms with Gasteiger partial charge in [0.15, 0.2) is 0 Å². The number of rotatable bonds is 2. The maximum Gasteiger partial charge on any atom is 0.497 e. The van der Waals surface area contributed by atoms with Crippen LogP contribution in [0.15, 0.2) is 12.3 Å². The molecule has 1 aliphatic carbocycles. The van der Waals surface area contributed by atoms with E-state index in [9.17, 15) is 9.50 Å². The topological polar surface area (TPSA) is 51.6 Å². The normalized spacial score (nSPS) is 25.8. The molecule has 0 bridgehead atoms. The van der Waals surface area contributed by atoms with Crippen LogP contribution < -0.4 is 5.46 Å². The predicted octanol–water partition coefficient (Wildman–Crippen LogP) is 1.50. The van der Waals surface area contributed by atoms with Gasteiger partial charge in [0.1, 0.15) is 17.1 Å². The van der Waals surface area contributed by atoms with E-state index in [2.05, 4.69) is 4.98 Å². The molecule has 1 saturated carbocycles. The molecular weight excluding hydrogens is 260 g/mol. The van der Waals surface area contributed by atoms with Gasteiger partial charge in [-0.25, -0.2) is 4.39 Å². The molecule has 2 aliphatic rings. The fourth-order valence-corrected chi connectivity index (χ4v) is 2.29. The molecule has 20 heavy (non-hydrogen) atoms. The molecule has 4 nitrogen and oxygen atoms in total. The number of aliphatic hydroxyl groups is 1. The van der Waals surface area contributed by atoms with Gasteiger partial charge < -0.3 is 14.4 Å². The molecule has 0 atom stereocenters. The molecule has 1 aliphatic heterocycles. The van der Waals surface area contributed by atoms with Gasteiger partial charge in [-0.15, -0.1) is 0 Å². The van der Waals surface area contributed by atoms with E-state index in [4.69, 9.17) is 9.31 Å². The Labute approximate surface area is 118 Å². The van der Waals surface area contributed by atoms with Gasteiger partial charge >= 0.3 is 7.12 Å². The standard InChI is InChI=1S/C14H19BFNO3/c1-12(2)13(3,4)20-15(19-12)9-5-8-17-11(10(9)16)14(18)6-7-14/h5,8,18H,6-7H2,1-4H3. The molecule has 1 N–H and O–H groups in total. The van der Waals surface area contributed by atoms with Crippen molar-refractivity contribution in [1.82, 2.24) is 4.98 Å². The molecule has 108 valence electrons. The summed E-state index contributed by atoms with van der Waals surface area (Å²) in [6.07, 6.45) is 2.59. The highest BCUT2D eigenvalue weighted by Crippen LogP contribution is 2.45. The molecule has 3 rings (SSSR count). The maximum atomic E-state index is 14.6. The van der Waals surface area contributed by atoms with Crippen molar-refractivity contribution in [3.63, 3.8) is 0 Å². The summed E-state index contributed by atoms with van der Waals surface area (Å²) < 4.78 is 26.3. The molecule has 0 spiro atoms. The summed E-state index contributed by atoms with van der Waals surface area (Å²) >= 11 is 0. The number of hydrogen-bond acceptors (Lipinski definition) is 4. The lowest BCUT2D eigenvalue weighted by Crippen LogP contribution is -2.41. The Hall–Kier alpha value is -0.975. The zero-order valence-corrected chi connectivity index (χ0v) is 12.2. The van der Waals surface area contributed by atoms with Gasteiger partial charge in [-0.3, -0.25) is 4.98 Å². The van der Waals surface area contributed by atoms with Gasteiger partial charge in [-0.1, -0.05) is 0 Å². The Morgan fingerprint density at radius 3 is 2.25 bits per heavy atom. The lowest BCUT2D eigenvalue weighted by molar-refractivity contribution is 0.00578. The first kappa shape index (κ1) is 14.0. The van der Waals surface area contributed by atoms with Crippen LogP contribution in [0.4, 0.5) is 4.39 Å². The van der Waals surface area contributed by atoms with Gasteiger partial charge in [-0.05, 0) is 46.6 Å². The molecule has 0 aromatic carbocycles. The molecule has 2 fully saturated rings. The van der Waals surface area contributed by atoms with Crippen molar-refractivity contribution >= 4 is 12.6 Å². The Morgan fingerprint density at radius 1 is 1.20 bits per heavy atom. The Morgan fingerprint density at radius 2 is 1.75 bits per heavy atom. The Kier molecular flexibility index (Phi) is 2.81. The fraction of sp³-hybridized carbons (Fsp3) is 0.643. The van der Waals surface area contributed by atoms with E-state index in [-0.39, 0.29) is 5.69 Å². The number of hydrogen-bond donors (Lipinski definition) is 1. The van der Waals surface area contributed by atoms with E-state index < -0.39 is 29.7 Å². The van der Waals surface area contributed by atoms with Crippen LogP contribution >= 0.6 is 0 Å². The largest absolute Gasteiger partial charge is 0.497 e. The maximum absolute atomic E-state index is 14.6. The first-order valence-corrected chi connectivity index (χ1v) is 6.89. The van der Waals surface area contributed by atoms with Crippen LogP contribution in [-0.4, -0.2) is 28.4 Å². The van der Waals surface area contributed by atoms with Crippen LogP contribution in [0.25, 0.3) is 0 Å². The van der Waals surface area contributed by atoms with E-state index in [0.717, 1.165) is 0 Å². The molecule has 0 amide bonds. The van der Waals surface area contributed by atoms with Crippen LogP contribution in [0.1, 0.15) is 46.2 Å². The van der Waals surface area contributed by atoms with Crippen LogP contribution in [0, 0.1) is 5.82 Å². The summed E-state index contributed by atoms with van der Waals surface area (Å²) in [6, 6.07) is 1.55. The molecule has 1 aromatic heterocycles. The molecule has 6 heteroatoms. The smallest absolute Gasteiger partial charge is 0.399 e. The van der Waals surface area contributed by atoms with E-state index in [1.165, 1.54) is 6.20 Å². The van der Waals surface area contributed by atoms with Crippen molar-refractivity contribution in [2.24, 2.45) is 0 Å². The van der Waals surface area contributed by atoms with Gasteiger partial charge in [0.2, 0.25) is 0 Å². The lowest BCUT2D eigenvalue weighted by atomic mass is 9.78. The number of halogens is 1. The van der Waals surface area contributed by atoms with Gasteiger partial charge in [0.05, 0.1) is 11.2 Å². The van der Waals surface area contributed by atoms with Gasteiger partial charge in [-0.2, -0.15) is 0 Å². The highest BCUT2D eigenvalue weighted by Gasteiger charge is 2.53. The van der Waals surface area contributed by atoms with Crippen molar-refractivity contribution in [1.29, 1.82) is 0 Å². The Balaban J connectivity index is 1.97. The summed E-state index contributed by atoms with van der Waals surface area (Å²) in [4.78, 5) is 3.98. The van der Waals surface area contributed by atoms with E-state index in [1.807, 2.05) is 27.7 Å². The van der Waals surface area contributed by atoms with Crippen molar-refractivity contribution in [2.75, 3.05) is 0 Å². The molecule has 2 heterocycles. The summed E-state index contributed by atoms with van der Waals surface area (Å²) in [6.45, 7) is 7.67. The summed E-state index contributed by atoms with van der Waals surface area (Å²) in [5, 5.41) is 10.1. The first-order valence-electron chi connectivity index (χ1n) is 6.89. The fourth-order valence-electron chi connectivity index (χ4n) is 2.29. The quantitative estimate of drug-likeness (QED) is 0.834.